The van der Waals surface area contributed by atoms with Crippen molar-refractivity contribution in [2.75, 3.05) is 0 Å². The second-order valence-electron chi connectivity index (χ2n) is 3.22. The van der Waals surface area contributed by atoms with Gasteiger partial charge in [-0.05, 0) is 18.8 Å². The SMILES string of the molecule is I.I.[C-]1=C(C2CCCC2)C=CC1.[Zr]. The van der Waals surface area contributed by atoms with E-state index in [9.17, 15) is 0 Å². The van der Waals surface area contributed by atoms with Crippen molar-refractivity contribution in [1.29, 1.82) is 0 Å². The van der Waals surface area contributed by atoms with E-state index in [0.717, 1.165) is 12.3 Å². The Kier molecular flexibility index (Phi) is 12.0. The molecule has 1 saturated carbocycles. The molecule has 0 saturated heterocycles. The van der Waals surface area contributed by atoms with Crippen LogP contribution in [0.1, 0.15) is 32.1 Å². The van der Waals surface area contributed by atoms with Gasteiger partial charge in [0.2, 0.25) is 0 Å². The molecule has 0 spiro atoms. The summed E-state index contributed by atoms with van der Waals surface area (Å²) in [6.45, 7) is 0. The molecule has 0 N–H and O–H groups in total. The molecule has 0 amide bonds. The maximum Gasteiger partial charge on any atom is 0 e. The van der Waals surface area contributed by atoms with Crippen LogP contribution in [-0.4, -0.2) is 0 Å². The van der Waals surface area contributed by atoms with Crippen LogP contribution in [0.5, 0.6) is 0 Å². The van der Waals surface area contributed by atoms with Gasteiger partial charge in [0.05, 0.1) is 0 Å². The van der Waals surface area contributed by atoms with E-state index in [-0.39, 0.29) is 74.2 Å². The molecule has 0 unspecified atom stereocenters. The normalized spacial score (nSPS) is 19.8. The summed E-state index contributed by atoms with van der Waals surface area (Å²) in [7, 11) is 0. The van der Waals surface area contributed by atoms with Crippen LogP contribution >= 0.6 is 48.0 Å². The van der Waals surface area contributed by atoms with E-state index in [4.69, 9.17) is 0 Å². The summed E-state index contributed by atoms with van der Waals surface area (Å²) in [5.41, 5.74) is 1.50. The van der Waals surface area contributed by atoms with Crippen molar-refractivity contribution in [3.05, 3.63) is 23.8 Å². The van der Waals surface area contributed by atoms with Gasteiger partial charge in [-0.1, -0.05) is 12.8 Å². The molecule has 0 aromatic rings. The van der Waals surface area contributed by atoms with Crippen LogP contribution in [0.15, 0.2) is 17.7 Å². The molecule has 2 rings (SSSR count). The Morgan fingerprint density at radius 2 is 1.77 bits per heavy atom. The Hall–Kier alpha value is 1.82. The molecule has 0 heterocycles. The molecule has 1 fully saturated rings. The minimum atomic E-state index is 0. The fraction of sp³-hybridized carbons (Fsp3) is 0.600. The molecular weight excluding hydrogens is 465 g/mol. The summed E-state index contributed by atoms with van der Waals surface area (Å²) in [6, 6.07) is 0. The number of hydrogen-bond donors (Lipinski definition) is 0. The third kappa shape index (κ3) is 4.92. The number of rotatable bonds is 1. The van der Waals surface area contributed by atoms with Gasteiger partial charge in [-0.3, -0.25) is 6.08 Å². The zero-order valence-electron chi connectivity index (χ0n) is 7.58. The molecule has 3 heteroatoms. The van der Waals surface area contributed by atoms with Crippen molar-refractivity contribution in [1.82, 2.24) is 0 Å². The largest absolute Gasteiger partial charge is 0.269 e. The molecule has 13 heavy (non-hydrogen) atoms. The monoisotopic (exact) mass is 479 g/mol. The smallest absolute Gasteiger partial charge is 0 e. The molecule has 74 valence electrons. The Balaban J connectivity index is 0. The quantitative estimate of drug-likeness (QED) is 0.392. The van der Waals surface area contributed by atoms with Crippen molar-refractivity contribution in [3.8, 4) is 0 Å². The summed E-state index contributed by atoms with van der Waals surface area (Å²) in [6.07, 6.45) is 14.6. The zero-order chi connectivity index (χ0) is 6.81. The second-order valence-corrected chi connectivity index (χ2v) is 3.22. The molecule has 0 aliphatic heterocycles. The maximum absolute atomic E-state index is 3.40. The molecule has 0 radical (unpaired) electrons. The van der Waals surface area contributed by atoms with Gasteiger partial charge in [0.1, 0.15) is 0 Å². The molecule has 0 nitrogen and oxygen atoms in total. The summed E-state index contributed by atoms with van der Waals surface area (Å²) in [5.74, 6) is 0.874. The van der Waals surface area contributed by atoms with Crippen molar-refractivity contribution < 1.29 is 26.2 Å². The molecule has 2 aliphatic rings. The summed E-state index contributed by atoms with van der Waals surface area (Å²) >= 11 is 0. The van der Waals surface area contributed by atoms with E-state index < -0.39 is 0 Å². The molecule has 0 aromatic heterocycles. The third-order valence-corrected chi connectivity index (χ3v) is 2.52. The van der Waals surface area contributed by atoms with E-state index in [1.165, 1.54) is 31.3 Å². The Morgan fingerprint density at radius 1 is 1.15 bits per heavy atom. The van der Waals surface area contributed by atoms with Crippen LogP contribution in [0.4, 0.5) is 0 Å². The minimum absolute atomic E-state index is 0. The average molecular weight is 480 g/mol. The van der Waals surface area contributed by atoms with Gasteiger partial charge in [-0.2, -0.15) is 6.08 Å². The minimum Gasteiger partial charge on any atom is -0.269 e. The van der Waals surface area contributed by atoms with Crippen LogP contribution in [0, 0.1) is 12.0 Å². The van der Waals surface area contributed by atoms with Gasteiger partial charge in [0.15, 0.2) is 0 Å². The van der Waals surface area contributed by atoms with Gasteiger partial charge >= 0.3 is 0 Å². The molecule has 0 aromatic carbocycles. The number of halogens is 2. The maximum atomic E-state index is 3.40. The Bertz CT molecular complexity index is 181. The fourth-order valence-electron chi connectivity index (χ4n) is 1.94. The Morgan fingerprint density at radius 3 is 2.23 bits per heavy atom. The van der Waals surface area contributed by atoms with E-state index >= 15 is 0 Å². The number of hydrogen-bond acceptors (Lipinski definition) is 0. The predicted octanol–water partition coefficient (Wildman–Crippen LogP) is 4.10. The first-order valence-corrected chi connectivity index (χ1v) is 4.24. The van der Waals surface area contributed by atoms with Crippen molar-refractivity contribution in [2.24, 2.45) is 5.92 Å². The first kappa shape index (κ1) is 17.2. The summed E-state index contributed by atoms with van der Waals surface area (Å²) < 4.78 is 0. The Labute approximate surface area is 134 Å². The molecule has 0 atom stereocenters. The van der Waals surface area contributed by atoms with Gasteiger partial charge in [0, 0.05) is 26.2 Å². The van der Waals surface area contributed by atoms with Crippen molar-refractivity contribution in [3.63, 3.8) is 0 Å². The van der Waals surface area contributed by atoms with E-state index in [1.807, 2.05) is 0 Å². The van der Waals surface area contributed by atoms with Gasteiger partial charge in [-0.25, -0.2) is 11.6 Å². The average Bonchev–Trinajstić information content (AvgIpc) is 2.59. The molecule has 0 bridgehead atoms. The van der Waals surface area contributed by atoms with Gasteiger partial charge in [0.25, 0.3) is 0 Å². The fourth-order valence-corrected chi connectivity index (χ4v) is 1.94. The van der Waals surface area contributed by atoms with Crippen molar-refractivity contribution >= 4 is 48.0 Å². The van der Waals surface area contributed by atoms with Crippen LogP contribution in [0.3, 0.4) is 0 Å². The molecule has 2 aliphatic carbocycles. The third-order valence-electron chi connectivity index (χ3n) is 2.52. The first-order valence-electron chi connectivity index (χ1n) is 4.24. The molecular formula is C10H15I2Zr-. The van der Waals surface area contributed by atoms with E-state index in [1.54, 1.807) is 0 Å². The zero-order valence-corrected chi connectivity index (χ0v) is 14.7. The summed E-state index contributed by atoms with van der Waals surface area (Å²) in [4.78, 5) is 0. The number of allylic oxidation sites excluding steroid dienone is 4. The van der Waals surface area contributed by atoms with Crippen LogP contribution in [-0.2, 0) is 26.2 Å². The van der Waals surface area contributed by atoms with Crippen molar-refractivity contribution in [2.45, 2.75) is 32.1 Å². The van der Waals surface area contributed by atoms with E-state index in [2.05, 4.69) is 18.2 Å². The first-order chi connectivity index (χ1) is 4.97. The van der Waals surface area contributed by atoms with Gasteiger partial charge in [-0.15, -0.1) is 54.4 Å². The predicted molar refractivity (Wildman–Crippen MR) is 73.3 cm³/mol. The van der Waals surface area contributed by atoms with Crippen LogP contribution < -0.4 is 0 Å². The standard InChI is InChI=1S/C10H13.2HI.Zr/c1-2-6-9(5-1)10-7-3-4-8-10;;;/h1,5,10H,2-4,7-8H2;2*1H;/q-1;;;. The second kappa shape index (κ2) is 9.08. The van der Waals surface area contributed by atoms with Crippen LogP contribution in [0.25, 0.3) is 0 Å². The topological polar surface area (TPSA) is 0 Å². The van der Waals surface area contributed by atoms with E-state index in [0.29, 0.717) is 0 Å². The van der Waals surface area contributed by atoms with Crippen LogP contribution in [0.2, 0.25) is 0 Å². The summed E-state index contributed by atoms with van der Waals surface area (Å²) in [5, 5.41) is 0. The van der Waals surface area contributed by atoms with Gasteiger partial charge < -0.3 is 0 Å².